The molecule has 0 bridgehead atoms. The molecular formula is C24H29N3O. The molecule has 0 spiro atoms. The lowest BCUT2D eigenvalue weighted by Crippen LogP contribution is -2.27. The number of rotatable bonds is 6. The second-order valence-corrected chi connectivity index (χ2v) is 7.90. The van der Waals surface area contributed by atoms with Crippen LogP contribution in [0.5, 0.6) is 0 Å². The predicted molar refractivity (Wildman–Crippen MR) is 115 cm³/mol. The summed E-state index contributed by atoms with van der Waals surface area (Å²) in [5, 5.41) is 7.82. The Morgan fingerprint density at radius 3 is 2.50 bits per heavy atom. The zero-order valence-electron chi connectivity index (χ0n) is 17.4. The maximum Gasteiger partial charge on any atom is 0.270 e. The molecule has 28 heavy (non-hydrogen) atoms. The van der Waals surface area contributed by atoms with Crippen molar-refractivity contribution in [3.05, 3.63) is 70.9 Å². The highest BCUT2D eigenvalue weighted by Crippen LogP contribution is 2.24. The lowest BCUT2D eigenvalue weighted by atomic mass is 10.0. The summed E-state index contributed by atoms with van der Waals surface area (Å²) in [5.74, 6) is 0.456. The Balaban J connectivity index is 2.01. The van der Waals surface area contributed by atoms with Crippen molar-refractivity contribution in [2.24, 2.45) is 5.92 Å². The van der Waals surface area contributed by atoms with Crippen molar-refractivity contribution in [1.82, 2.24) is 15.1 Å². The molecule has 1 aromatic heterocycles. The van der Waals surface area contributed by atoms with Crippen LogP contribution in [0.4, 0.5) is 0 Å². The van der Waals surface area contributed by atoms with E-state index in [9.17, 15) is 4.79 Å². The molecule has 0 aliphatic carbocycles. The number of aryl methyl sites for hydroxylation is 3. The summed E-state index contributed by atoms with van der Waals surface area (Å²) in [7, 11) is 0. The molecule has 0 aliphatic heterocycles. The Labute approximate surface area is 167 Å². The third-order valence-corrected chi connectivity index (χ3v) is 5.00. The number of benzene rings is 2. The van der Waals surface area contributed by atoms with Crippen molar-refractivity contribution in [3.8, 4) is 16.9 Å². The number of aromatic nitrogens is 2. The van der Waals surface area contributed by atoms with Crippen molar-refractivity contribution in [1.29, 1.82) is 0 Å². The molecule has 0 atom stereocenters. The second kappa shape index (κ2) is 8.42. The first kappa shape index (κ1) is 19.9. The van der Waals surface area contributed by atoms with Crippen LogP contribution in [0.1, 0.15) is 47.4 Å². The van der Waals surface area contributed by atoms with Gasteiger partial charge in [0.05, 0.1) is 11.4 Å². The van der Waals surface area contributed by atoms with Gasteiger partial charge in [-0.1, -0.05) is 38.1 Å². The molecule has 0 saturated carbocycles. The molecule has 0 fully saturated rings. The summed E-state index contributed by atoms with van der Waals surface area (Å²) in [5.41, 5.74) is 6.86. The Hall–Kier alpha value is -2.88. The van der Waals surface area contributed by atoms with E-state index in [-0.39, 0.29) is 5.91 Å². The number of hydrogen-bond donors (Lipinski definition) is 1. The van der Waals surface area contributed by atoms with Gasteiger partial charge in [-0.05, 0) is 74.1 Å². The molecule has 3 rings (SSSR count). The fourth-order valence-corrected chi connectivity index (χ4v) is 3.11. The van der Waals surface area contributed by atoms with Gasteiger partial charge < -0.3 is 5.32 Å². The topological polar surface area (TPSA) is 46.9 Å². The average Bonchev–Trinajstić information content (AvgIpc) is 3.09. The SMILES string of the molecule is Cc1cccc(-n2nc(-c3ccc(C)c(C)c3)cc2C(=O)NCCC(C)C)c1. The lowest BCUT2D eigenvalue weighted by Gasteiger charge is -2.10. The van der Waals surface area contributed by atoms with Gasteiger partial charge in [0.15, 0.2) is 0 Å². The van der Waals surface area contributed by atoms with E-state index < -0.39 is 0 Å². The number of carbonyl (C=O) groups excluding carboxylic acids is 1. The van der Waals surface area contributed by atoms with Crippen LogP contribution in [-0.4, -0.2) is 22.2 Å². The zero-order valence-corrected chi connectivity index (χ0v) is 17.4. The first-order valence-corrected chi connectivity index (χ1v) is 9.88. The van der Waals surface area contributed by atoms with Crippen LogP contribution in [0, 0.1) is 26.7 Å². The van der Waals surface area contributed by atoms with Gasteiger partial charge in [-0.2, -0.15) is 5.10 Å². The molecule has 0 saturated heterocycles. The molecule has 1 N–H and O–H groups in total. The minimum atomic E-state index is -0.0928. The summed E-state index contributed by atoms with van der Waals surface area (Å²) < 4.78 is 1.75. The Bertz CT molecular complexity index is 985. The number of hydrogen-bond acceptors (Lipinski definition) is 2. The van der Waals surface area contributed by atoms with Gasteiger partial charge in [-0.3, -0.25) is 4.79 Å². The third kappa shape index (κ3) is 4.50. The molecule has 1 heterocycles. The van der Waals surface area contributed by atoms with Crippen LogP contribution in [0.25, 0.3) is 16.9 Å². The number of nitrogens with one attached hydrogen (secondary N) is 1. The van der Waals surface area contributed by atoms with E-state index >= 15 is 0 Å². The fourth-order valence-electron chi connectivity index (χ4n) is 3.11. The summed E-state index contributed by atoms with van der Waals surface area (Å²) >= 11 is 0. The molecule has 3 aromatic rings. The molecule has 0 aliphatic rings. The third-order valence-electron chi connectivity index (χ3n) is 5.00. The van der Waals surface area contributed by atoms with Gasteiger partial charge in [0.2, 0.25) is 0 Å². The number of amides is 1. The van der Waals surface area contributed by atoms with Crippen LogP contribution in [0.3, 0.4) is 0 Å². The van der Waals surface area contributed by atoms with E-state index in [4.69, 9.17) is 5.10 Å². The van der Waals surface area contributed by atoms with Crippen LogP contribution < -0.4 is 5.32 Å². The minimum absolute atomic E-state index is 0.0928. The lowest BCUT2D eigenvalue weighted by molar-refractivity contribution is 0.0944. The monoisotopic (exact) mass is 375 g/mol. The Morgan fingerprint density at radius 2 is 1.82 bits per heavy atom. The summed E-state index contributed by atoms with van der Waals surface area (Å²) in [6.45, 7) is 11.2. The maximum absolute atomic E-state index is 12.9. The van der Waals surface area contributed by atoms with Gasteiger partial charge in [-0.25, -0.2) is 4.68 Å². The smallest absolute Gasteiger partial charge is 0.270 e. The van der Waals surface area contributed by atoms with E-state index in [1.807, 2.05) is 37.3 Å². The van der Waals surface area contributed by atoms with E-state index in [0.717, 1.165) is 28.9 Å². The fraction of sp³-hybridized carbons (Fsp3) is 0.333. The van der Waals surface area contributed by atoms with E-state index in [0.29, 0.717) is 18.2 Å². The van der Waals surface area contributed by atoms with E-state index in [2.05, 4.69) is 51.2 Å². The second-order valence-electron chi connectivity index (χ2n) is 7.90. The van der Waals surface area contributed by atoms with Crippen molar-refractivity contribution in [3.63, 3.8) is 0 Å². The highest BCUT2D eigenvalue weighted by atomic mass is 16.2. The highest BCUT2D eigenvalue weighted by Gasteiger charge is 2.18. The molecule has 1 amide bonds. The van der Waals surface area contributed by atoms with Crippen LogP contribution in [0.15, 0.2) is 48.5 Å². The highest BCUT2D eigenvalue weighted by molar-refractivity contribution is 5.94. The van der Waals surface area contributed by atoms with E-state index in [1.54, 1.807) is 4.68 Å². The van der Waals surface area contributed by atoms with Gasteiger partial charge >= 0.3 is 0 Å². The molecule has 146 valence electrons. The molecule has 4 nitrogen and oxygen atoms in total. The average molecular weight is 376 g/mol. The van der Waals surface area contributed by atoms with Gasteiger partial charge in [0.25, 0.3) is 5.91 Å². The first-order valence-electron chi connectivity index (χ1n) is 9.88. The van der Waals surface area contributed by atoms with Crippen molar-refractivity contribution >= 4 is 5.91 Å². The molecule has 2 aromatic carbocycles. The van der Waals surface area contributed by atoms with Crippen LogP contribution >= 0.6 is 0 Å². The van der Waals surface area contributed by atoms with Crippen molar-refractivity contribution in [2.45, 2.75) is 41.0 Å². The normalized spacial score (nSPS) is 11.1. The predicted octanol–water partition coefficient (Wildman–Crippen LogP) is 5.24. The maximum atomic E-state index is 12.9. The van der Waals surface area contributed by atoms with Crippen molar-refractivity contribution < 1.29 is 4.79 Å². The van der Waals surface area contributed by atoms with Crippen LogP contribution in [0.2, 0.25) is 0 Å². The standard InChI is InChI=1S/C24H29N3O/c1-16(2)11-12-25-24(28)23-15-22(20-10-9-18(4)19(5)14-20)26-27(23)21-8-6-7-17(3)13-21/h6-10,13-16H,11-12H2,1-5H3,(H,25,28). The molecule has 0 unspecified atom stereocenters. The number of nitrogens with zero attached hydrogens (tertiary/aromatic N) is 2. The van der Waals surface area contributed by atoms with E-state index in [1.165, 1.54) is 11.1 Å². The van der Waals surface area contributed by atoms with Gasteiger partial charge in [-0.15, -0.1) is 0 Å². The molecular weight excluding hydrogens is 346 g/mol. The summed E-state index contributed by atoms with van der Waals surface area (Å²) in [6.07, 6.45) is 0.953. The summed E-state index contributed by atoms with van der Waals surface area (Å²) in [6, 6.07) is 16.2. The van der Waals surface area contributed by atoms with Gasteiger partial charge in [0.1, 0.15) is 5.69 Å². The summed E-state index contributed by atoms with van der Waals surface area (Å²) in [4.78, 5) is 12.9. The Morgan fingerprint density at radius 1 is 1.04 bits per heavy atom. The van der Waals surface area contributed by atoms with Crippen molar-refractivity contribution in [2.75, 3.05) is 6.54 Å². The van der Waals surface area contributed by atoms with Gasteiger partial charge in [0, 0.05) is 12.1 Å². The Kier molecular flexibility index (Phi) is 5.98. The van der Waals surface area contributed by atoms with Crippen LogP contribution in [-0.2, 0) is 0 Å². The minimum Gasteiger partial charge on any atom is -0.351 e. The molecule has 0 radical (unpaired) electrons. The quantitative estimate of drug-likeness (QED) is 0.640. The largest absolute Gasteiger partial charge is 0.351 e. The number of carbonyl (C=O) groups is 1. The first-order chi connectivity index (χ1) is 13.3. The molecule has 4 heteroatoms. The zero-order chi connectivity index (χ0) is 20.3.